The second-order valence-electron chi connectivity index (χ2n) is 7.02. The van der Waals surface area contributed by atoms with Gasteiger partial charge in [0.15, 0.2) is 11.5 Å². The van der Waals surface area contributed by atoms with Crippen molar-refractivity contribution in [2.75, 3.05) is 7.11 Å². The molecule has 5 rings (SSSR count). The summed E-state index contributed by atoms with van der Waals surface area (Å²) in [6.45, 7) is 6.09. The summed E-state index contributed by atoms with van der Waals surface area (Å²) in [5.41, 5.74) is 5.98. The molecule has 0 amide bonds. The Morgan fingerprint density at radius 3 is 2.77 bits per heavy atom. The first-order valence-electron chi connectivity index (χ1n) is 8.78. The average molecular weight is 348 g/mol. The topological polar surface area (TPSA) is 69.6 Å². The minimum Gasteiger partial charge on any atom is -0.497 e. The largest absolute Gasteiger partial charge is 0.497 e. The summed E-state index contributed by atoms with van der Waals surface area (Å²) in [6, 6.07) is 3.92. The molecular formula is C19H20N6O. The molecule has 1 saturated carbocycles. The lowest BCUT2D eigenvalue weighted by molar-refractivity contribution is 0.414. The lowest BCUT2D eigenvalue weighted by atomic mass is 10.2. The Bertz CT molecular complexity index is 1120. The molecule has 0 bridgehead atoms. The maximum Gasteiger partial charge on any atom is 0.177 e. The van der Waals surface area contributed by atoms with Crippen molar-refractivity contribution in [2.45, 2.75) is 39.0 Å². The predicted molar refractivity (Wildman–Crippen MR) is 96.8 cm³/mol. The quantitative estimate of drug-likeness (QED) is 0.569. The van der Waals surface area contributed by atoms with E-state index >= 15 is 0 Å². The molecule has 0 aromatic carbocycles. The van der Waals surface area contributed by atoms with Crippen molar-refractivity contribution in [2.24, 2.45) is 0 Å². The first kappa shape index (κ1) is 15.3. The Hall–Kier alpha value is -2.96. The fourth-order valence-corrected chi connectivity index (χ4v) is 3.70. The fraction of sp³-hybridized carbons (Fsp3) is 0.368. The molecule has 4 aromatic rings. The summed E-state index contributed by atoms with van der Waals surface area (Å²) in [6.07, 6.45) is 4.88. The van der Waals surface area contributed by atoms with Gasteiger partial charge in [0.2, 0.25) is 0 Å². The van der Waals surface area contributed by atoms with Gasteiger partial charge >= 0.3 is 0 Å². The predicted octanol–water partition coefficient (Wildman–Crippen LogP) is 2.98. The maximum atomic E-state index is 5.31. The standard InChI is InChI=1S/C19H20N6O/c1-10-9-20-11(2)19-22-18(23-25(10)19)15-8-14(15)17-12(3)24-6-5-13(26-4)7-16(24)21-17/h5-7,9,14-15H,8H2,1-4H3. The molecule has 0 spiro atoms. The summed E-state index contributed by atoms with van der Waals surface area (Å²) >= 11 is 0. The SMILES string of the molecule is COc1ccn2c(C)c(C3CC3c3nc4c(C)ncc(C)n4n3)nc2c1. The molecule has 7 nitrogen and oxygen atoms in total. The molecule has 26 heavy (non-hydrogen) atoms. The van der Waals surface area contributed by atoms with Crippen molar-refractivity contribution >= 4 is 11.3 Å². The molecule has 7 heteroatoms. The molecule has 0 N–H and O–H groups in total. The number of pyridine rings is 1. The first-order chi connectivity index (χ1) is 12.6. The zero-order valence-corrected chi connectivity index (χ0v) is 15.3. The van der Waals surface area contributed by atoms with Crippen molar-refractivity contribution < 1.29 is 4.74 Å². The van der Waals surface area contributed by atoms with E-state index < -0.39 is 0 Å². The van der Waals surface area contributed by atoms with Gasteiger partial charge in [0, 0.05) is 36.0 Å². The number of nitrogens with zero attached hydrogens (tertiary/aromatic N) is 6. The van der Waals surface area contributed by atoms with Crippen LogP contribution in [0.2, 0.25) is 0 Å². The Balaban J connectivity index is 1.53. The average Bonchev–Trinajstić information content (AvgIpc) is 3.18. The molecule has 1 aliphatic rings. The molecule has 0 saturated heterocycles. The molecule has 1 fully saturated rings. The maximum absolute atomic E-state index is 5.31. The van der Waals surface area contributed by atoms with E-state index in [0.29, 0.717) is 11.8 Å². The molecule has 4 heterocycles. The number of hydrogen-bond acceptors (Lipinski definition) is 5. The van der Waals surface area contributed by atoms with Crippen LogP contribution in [0.25, 0.3) is 11.3 Å². The summed E-state index contributed by atoms with van der Waals surface area (Å²) in [5.74, 6) is 2.40. The van der Waals surface area contributed by atoms with E-state index in [1.165, 1.54) is 5.69 Å². The van der Waals surface area contributed by atoms with E-state index in [4.69, 9.17) is 19.8 Å². The third-order valence-electron chi connectivity index (χ3n) is 5.31. The van der Waals surface area contributed by atoms with E-state index in [2.05, 4.69) is 16.3 Å². The Morgan fingerprint density at radius 2 is 2.00 bits per heavy atom. The Morgan fingerprint density at radius 1 is 1.15 bits per heavy atom. The van der Waals surface area contributed by atoms with Gasteiger partial charge in [0.1, 0.15) is 11.4 Å². The Kier molecular flexibility index (Phi) is 3.10. The molecular weight excluding hydrogens is 328 g/mol. The lowest BCUT2D eigenvalue weighted by Crippen LogP contribution is -1.97. The summed E-state index contributed by atoms with van der Waals surface area (Å²) in [4.78, 5) is 14.0. The van der Waals surface area contributed by atoms with Crippen molar-refractivity contribution in [3.05, 3.63) is 53.1 Å². The minimum absolute atomic E-state index is 0.319. The van der Waals surface area contributed by atoms with E-state index in [1.807, 2.05) is 42.9 Å². The number of hydrogen-bond donors (Lipinski definition) is 0. The van der Waals surface area contributed by atoms with Crippen molar-refractivity contribution in [1.82, 2.24) is 29.0 Å². The molecule has 2 atom stereocenters. The molecule has 0 aliphatic heterocycles. The first-order valence-corrected chi connectivity index (χ1v) is 8.78. The highest BCUT2D eigenvalue weighted by Crippen LogP contribution is 2.54. The van der Waals surface area contributed by atoms with E-state index in [9.17, 15) is 0 Å². The van der Waals surface area contributed by atoms with Crippen LogP contribution < -0.4 is 4.74 Å². The molecule has 1 aliphatic carbocycles. The highest BCUT2D eigenvalue weighted by atomic mass is 16.5. The van der Waals surface area contributed by atoms with Gasteiger partial charge in [0.25, 0.3) is 0 Å². The van der Waals surface area contributed by atoms with Crippen LogP contribution >= 0.6 is 0 Å². The van der Waals surface area contributed by atoms with Crippen molar-refractivity contribution in [1.29, 1.82) is 0 Å². The number of rotatable bonds is 3. The number of ether oxygens (including phenoxy) is 1. The number of imidazole rings is 1. The molecule has 2 unspecified atom stereocenters. The van der Waals surface area contributed by atoms with Gasteiger partial charge in [-0.25, -0.2) is 14.5 Å². The number of methoxy groups -OCH3 is 1. The van der Waals surface area contributed by atoms with Crippen LogP contribution in [0.5, 0.6) is 5.75 Å². The van der Waals surface area contributed by atoms with Gasteiger partial charge in [-0.2, -0.15) is 5.10 Å². The van der Waals surface area contributed by atoms with Crippen molar-refractivity contribution in [3.8, 4) is 5.75 Å². The van der Waals surface area contributed by atoms with Crippen LogP contribution in [-0.2, 0) is 0 Å². The fourth-order valence-electron chi connectivity index (χ4n) is 3.70. The monoisotopic (exact) mass is 348 g/mol. The smallest absolute Gasteiger partial charge is 0.177 e. The van der Waals surface area contributed by atoms with E-state index in [1.54, 1.807) is 7.11 Å². The van der Waals surface area contributed by atoms with Gasteiger partial charge in [0.05, 0.1) is 24.2 Å². The summed E-state index contributed by atoms with van der Waals surface area (Å²) in [7, 11) is 1.67. The van der Waals surface area contributed by atoms with E-state index in [0.717, 1.165) is 46.4 Å². The zero-order valence-electron chi connectivity index (χ0n) is 15.3. The highest BCUT2D eigenvalue weighted by Gasteiger charge is 2.45. The van der Waals surface area contributed by atoms with Gasteiger partial charge in [-0.1, -0.05) is 0 Å². The van der Waals surface area contributed by atoms with Crippen LogP contribution in [0.4, 0.5) is 0 Å². The Labute approximate surface area is 150 Å². The van der Waals surface area contributed by atoms with Gasteiger partial charge < -0.3 is 9.14 Å². The normalized spacial score (nSPS) is 19.4. The van der Waals surface area contributed by atoms with Crippen molar-refractivity contribution in [3.63, 3.8) is 0 Å². The lowest BCUT2D eigenvalue weighted by Gasteiger charge is -2.00. The van der Waals surface area contributed by atoms with Crippen LogP contribution in [0.15, 0.2) is 24.5 Å². The second kappa shape index (κ2) is 5.27. The number of aryl methyl sites for hydroxylation is 3. The molecule has 132 valence electrons. The third kappa shape index (κ3) is 2.13. The number of aromatic nitrogens is 6. The minimum atomic E-state index is 0.319. The zero-order chi connectivity index (χ0) is 18.0. The van der Waals surface area contributed by atoms with Crippen LogP contribution in [-0.4, -0.2) is 36.1 Å². The van der Waals surface area contributed by atoms with Gasteiger partial charge in [-0.05, 0) is 33.3 Å². The van der Waals surface area contributed by atoms with Crippen LogP contribution in [0.3, 0.4) is 0 Å². The van der Waals surface area contributed by atoms with Crippen LogP contribution in [0, 0.1) is 20.8 Å². The number of fused-ring (bicyclic) bond motifs is 2. The third-order valence-corrected chi connectivity index (χ3v) is 5.31. The van der Waals surface area contributed by atoms with Gasteiger partial charge in [-0.15, -0.1) is 0 Å². The summed E-state index contributed by atoms with van der Waals surface area (Å²) in [5, 5.41) is 4.73. The summed E-state index contributed by atoms with van der Waals surface area (Å²) < 4.78 is 9.32. The molecule has 4 aromatic heterocycles. The second-order valence-corrected chi connectivity index (χ2v) is 7.02. The van der Waals surface area contributed by atoms with Crippen LogP contribution in [0.1, 0.15) is 46.9 Å². The van der Waals surface area contributed by atoms with Gasteiger partial charge in [-0.3, -0.25) is 4.98 Å². The molecule has 0 radical (unpaired) electrons. The highest BCUT2D eigenvalue weighted by molar-refractivity contribution is 5.50. The van der Waals surface area contributed by atoms with E-state index in [-0.39, 0.29) is 0 Å².